The van der Waals surface area contributed by atoms with Crippen LogP contribution in [-0.2, 0) is 4.79 Å². The Kier molecular flexibility index (Phi) is 3.03. The van der Waals surface area contributed by atoms with Crippen LogP contribution < -0.4 is 4.74 Å². The highest BCUT2D eigenvalue weighted by Gasteiger charge is 2.36. The van der Waals surface area contributed by atoms with E-state index in [0.717, 1.165) is 5.56 Å². The van der Waals surface area contributed by atoms with Gasteiger partial charge in [-0.1, -0.05) is 6.92 Å². The van der Waals surface area contributed by atoms with E-state index < -0.39 is 11.9 Å². The molecule has 2 rings (SSSR count). The molecule has 0 fully saturated rings. The van der Waals surface area contributed by atoms with Crippen LogP contribution in [0.2, 0.25) is 0 Å². The maximum Gasteiger partial charge on any atom is 0.307 e. The zero-order valence-electron chi connectivity index (χ0n) is 10.6. The number of allylic oxidation sites excluding steroid dienone is 1. The standard InChI is InChI=1S/C14H16O4/c1-7-12(8(2)14(16)17)11-6-9(18-3)4-5-10(11)13(7)15/h4-6,8,12,15H,1-3H3,(H,16,17). The Morgan fingerprint density at radius 2 is 2.11 bits per heavy atom. The zero-order valence-corrected chi connectivity index (χ0v) is 10.6. The second kappa shape index (κ2) is 4.37. The summed E-state index contributed by atoms with van der Waals surface area (Å²) >= 11 is 0. The molecule has 4 heteroatoms. The molecule has 96 valence electrons. The average Bonchev–Trinajstić information content (AvgIpc) is 2.60. The molecule has 1 aliphatic carbocycles. The van der Waals surface area contributed by atoms with E-state index in [1.54, 1.807) is 39.2 Å². The van der Waals surface area contributed by atoms with Crippen molar-refractivity contribution >= 4 is 11.7 Å². The summed E-state index contributed by atoms with van der Waals surface area (Å²) in [5.41, 5.74) is 2.22. The van der Waals surface area contributed by atoms with Gasteiger partial charge in [0.2, 0.25) is 0 Å². The minimum atomic E-state index is -0.872. The van der Waals surface area contributed by atoms with Crippen molar-refractivity contribution < 1.29 is 19.7 Å². The van der Waals surface area contributed by atoms with Gasteiger partial charge in [0.25, 0.3) is 0 Å². The van der Waals surface area contributed by atoms with Crippen molar-refractivity contribution in [2.45, 2.75) is 19.8 Å². The Morgan fingerprint density at radius 3 is 2.67 bits per heavy atom. The summed E-state index contributed by atoms with van der Waals surface area (Å²) < 4.78 is 5.15. The molecule has 0 heterocycles. The number of carbonyl (C=O) groups is 1. The molecule has 2 atom stereocenters. The number of aliphatic carboxylic acids is 1. The maximum absolute atomic E-state index is 11.2. The average molecular weight is 248 g/mol. The molecule has 0 bridgehead atoms. The van der Waals surface area contributed by atoms with E-state index in [9.17, 15) is 9.90 Å². The lowest BCUT2D eigenvalue weighted by Crippen LogP contribution is -2.18. The highest BCUT2D eigenvalue weighted by atomic mass is 16.5. The Labute approximate surface area is 106 Å². The number of hydrogen-bond donors (Lipinski definition) is 2. The lowest BCUT2D eigenvalue weighted by atomic mass is 9.85. The molecular weight excluding hydrogens is 232 g/mol. The summed E-state index contributed by atoms with van der Waals surface area (Å²) in [6.07, 6.45) is 0. The highest BCUT2D eigenvalue weighted by Crippen LogP contribution is 2.45. The minimum Gasteiger partial charge on any atom is -0.507 e. The maximum atomic E-state index is 11.2. The molecule has 1 aromatic rings. The van der Waals surface area contributed by atoms with Crippen LogP contribution in [0.15, 0.2) is 23.8 Å². The van der Waals surface area contributed by atoms with E-state index in [0.29, 0.717) is 16.9 Å². The van der Waals surface area contributed by atoms with Gasteiger partial charge >= 0.3 is 5.97 Å². The Morgan fingerprint density at radius 1 is 1.44 bits per heavy atom. The SMILES string of the molecule is COc1ccc2c(c1)C(C(C)C(=O)O)C(C)=C2O. The number of ether oxygens (including phenoxy) is 1. The van der Waals surface area contributed by atoms with Gasteiger partial charge in [0.15, 0.2) is 0 Å². The van der Waals surface area contributed by atoms with Crippen LogP contribution in [0.1, 0.15) is 30.9 Å². The molecule has 0 radical (unpaired) electrons. The van der Waals surface area contributed by atoms with E-state index in [4.69, 9.17) is 9.84 Å². The summed E-state index contributed by atoms with van der Waals surface area (Å²) in [6.45, 7) is 3.42. The smallest absolute Gasteiger partial charge is 0.307 e. The number of hydrogen-bond acceptors (Lipinski definition) is 3. The second-order valence-electron chi connectivity index (χ2n) is 4.59. The third-order valence-electron chi connectivity index (χ3n) is 3.58. The van der Waals surface area contributed by atoms with Crippen LogP contribution in [-0.4, -0.2) is 23.3 Å². The van der Waals surface area contributed by atoms with Crippen LogP contribution in [0, 0.1) is 5.92 Å². The van der Waals surface area contributed by atoms with Gasteiger partial charge in [-0.2, -0.15) is 0 Å². The van der Waals surface area contributed by atoms with Gasteiger partial charge in [0.1, 0.15) is 11.5 Å². The first-order chi connectivity index (χ1) is 8.47. The number of carboxylic acid groups (broad SMARTS) is 1. The third-order valence-corrected chi connectivity index (χ3v) is 3.58. The predicted molar refractivity (Wildman–Crippen MR) is 67.8 cm³/mol. The number of fused-ring (bicyclic) bond motifs is 1. The van der Waals surface area contributed by atoms with Crippen LogP contribution >= 0.6 is 0 Å². The number of aliphatic hydroxyl groups is 1. The van der Waals surface area contributed by atoms with Crippen LogP contribution in [0.5, 0.6) is 5.75 Å². The minimum absolute atomic E-state index is 0.186. The van der Waals surface area contributed by atoms with Crippen LogP contribution in [0.25, 0.3) is 5.76 Å². The fourth-order valence-electron chi connectivity index (χ4n) is 2.52. The van der Waals surface area contributed by atoms with E-state index >= 15 is 0 Å². The van der Waals surface area contributed by atoms with Crippen molar-refractivity contribution in [2.75, 3.05) is 7.11 Å². The molecule has 1 aromatic carbocycles. The van der Waals surface area contributed by atoms with Gasteiger partial charge < -0.3 is 14.9 Å². The first-order valence-electron chi connectivity index (χ1n) is 5.78. The molecule has 2 unspecified atom stereocenters. The van der Waals surface area contributed by atoms with Gasteiger partial charge in [-0.05, 0) is 36.3 Å². The predicted octanol–water partition coefficient (Wildman–Crippen LogP) is 2.80. The van der Waals surface area contributed by atoms with E-state index in [-0.39, 0.29) is 11.7 Å². The van der Waals surface area contributed by atoms with E-state index in [1.807, 2.05) is 0 Å². The molecule has 4 nitrogen and oxygen atoms in total. The molecule has 1 aliphatic rings. The molecule has 0 saturated carbocycles. The molecule has 18 heavy (non-hydrogen) atoms. The zero-order chi connectivity index (χ0) is 13.4. The summed E-state index contributed by atoms with van der Waals surface area (Å²) in [7, 11) is 1.56. The highest BCUT2D eigenvalue weighted by molar-refractivity contribution is 5.79. The fraction of sp³-hybridized carbons (Fsp3) is 0.357. The fourth-order valence-corrected chi connectivity index (χ4v) is 2.52. The van der Waals surface area contributed by atoms with Gasteiger partial charge in [0.05, 0.1) is 13.0 Å². The van der Waals surface area contributed by atoms with Crippen molar-refractivity contribution in [3.63, 3.8) is 0 Å². The monoisotopic (exact) mass is 248 g/mol. The number of rotatable bonds is 3. The number of aliphatic hydroxyl groups excluding tert-OH is 1. The van der Waals surface area contributed by atoms with Gasteiger partial charge in [-0.25, -0.2) is 0 Å². The first-order valence-corrected chi connectivity index (χ1v) is 5.78. The second-order valence-corrected chi connectivity index (χ2v) is 4.59. The van der Waals surface area contributed by atoms with E-state index in [2.05, 4.69) is 0 Å². The largest absolute Gasteiger partial charge is 0.507 e. The third kappa shape index (κ3) is 1.74. The number of methoxy groups -OCH3 is 1. The van der Waals surface area contributed by atoms with Gasteiger partial charge in [0, 0.05) is 11.5 Å². The summed E-state index contributed by atoms with van der Waals surface area (Å²) in [6, 6.07) is 5.32. The number of benzene rings is 1. The summed E-state index contributed by atoms with van der Waals surface area (Å²) in [5.74, 6) is -0.902. The normalized spacial score (nSPS) is 19.6. The van der Waals surface area contributed by atoms with E-state index in [1.165, 1.54) is 0 Å². The topological polar surface area (TPSA) is 66.8 Å². The van der Waals surface area contributed by atoms with Crippen LogP contribution in [0.4, 0.5) is 0 Å². The molecule has 0 aromatic heterocycles. The van der Waals surface area contributed by atoms with Gasteiger partial charge in [-0.3, -0.25) is 4.79 Å². The molecule has 0 spiro atoms. The van der Waals surface area contributed by atoms with Crippen molar-refractivity contribution in [1.29, 1.82) is 0 Å². The quantitative estimate of drug-likeness (QED) is 0.863. The molecule has 0 saturated heterocycles. The first kappa shape index (κ1) is 12.5. The van der Waals surface area contributed by atoms with Crippen LogP contribution in [0.3, 0.4) is 0 Å². The van der Waals surface area contributed by atoms with Crippen molar-refractivity contribution in [3.05, 3.63) is 34.9 Å². The Balaban J connectivity index is 2.54. The Hall–Kier alpha value is -1.97. The summed E-state index contributed by atoms with van der Waals surface area (Å²) in [5, 5.41) is 19.2. The summed E-state index contributed by atoms with van der Waals surface area (Å²) in [4.78, 5) is 11.2. The van der Waals surface area contributed by atoms with Crippen molar-refractivity contribution in [3.8, 4) is 5.75 Å². The molecular formula is C14H16O4. The lowest BCUT2D eigenvalue weighted by Gasteiger charge is -2.18. The Bertz CT molecular complexity index is 531. The van der Waals surface area contributed by atoms with Crippen molar-refractivity contribution in [1.82, 2.24) is 0 Å². The van der Waals surface area contributed by atoms with Crippen molar-refractivity contribution in [2.24, 2.45) is 5.92 Å². The lowest BCUT2D eigenvalue weighted by molar-refractivity contribution is -0.141. The molecule has 0 aliphatic heterocycles. The molecule has 2 N–H and O–H groups in total. The van der Waals surface area contributed by atoms with Gasteiger partial charge in [-0.15, -0.1) is 0 Å². The molecule has 0 amide bonds. The number of carboxylic acids is 1.